The van der Waals surface area contributed by atoms with E-state index in [4.69, 9.17) is 11.6 Å². The largest absolute Gasteiger partial charge is 0.316 e. The average Bonchev–Trinajstić information content (AvgIpc) is 2.38. The quantitative estimate of drug-likeness (QED) is 0.884. The molecule has 0 aliphatic carbocycles. The number of nitrogens with one attached hydrogen (secondary N) is 1. The Balaban J connectivity index is 2.51. The molecule has 2 aromatic carbocycles. The maximum absolute atomic E-state index is 13.9. The Kier molecular flexibility index (Phi) is 4.17. The van der Waals surface area contributed by atoms with Crippen LogP contribution in [-0.2, 0) is 6.54 Å². The molecule has 0 amide bonds. The first-order chi connectivity index (χ1) is 9.04. The fraction of sp³-hybridized carbons (Fsp3) is 0.200. The predicted molar refractivity (Wildman–Crippen MR) is 74.3 cm³/mol. The molecule has 0 saturated carbocycles. The summed E-state index contributed by atoms with van der Waals surface area (Å²) < 4.78 is 27.5. The van der Waals surface area contributed by atoms with Crippen molar-refractivity contribution >= 4 is 11.6 Å². The summed E-state index contributed by atoms with van der Waals surface area (Å²) in [5.41, 5.74) is 1.95. The van der Waals surface area contributed by atoms with Crippen molar-refractivity contribution in [2.45, 2.75) is 13.5 Å². The normalized spacial score (nSPS) is 10.8. The van der Waals surface area contributed by atoms with E-state index < -0.39 is 11.6 Å². The third-order valence-electron chi connectivity index (χ3n) is 2.98. The van der Waals surface area contributed by atoms with Crippen molar-refractivity contribution < 1.29 is 8.78 Å². The number of halogens is 3. The Labute approximate surface area is 116 Å². The minimum absolute atomic E-state index is 0.184. The molecule has 0 aromatic heterocycles. The number of benzene rings is 2. The van der Waals surface area contributed by atoms with Crippen LogP contribution < -0.4 is 5.32 Å². The summed E-state index contributed by atoms with van der Waals surface area (Å²) in [5.74, 6) is -1.68. The van der Waals surface area contributed by atoms with Crippen LogP contribution in [0.4, 0.5) is 8.78 Å². The van der Waals surface area contributed by atoms with Gasteiger partial charge in [0.15, 0.2) is 11.6 Å². The summed E-state index contributed by atoms with van der Waals surface area (Å²) in [7, 11) is 1.83. The fourth-order valence-corrected chi connectivity index (χ4v) is 2.25. The molecular weight excluding hydrogens is 268 g/mol. The van der Waals surface area contributed by atoms with Gasteiger partial charge in [-0.2, -0.15) is 0 Å². The summed E-state index contributed by atoms with van der Waals surface area (Å²) in [4.78, 5) is 0. The molecule has 100 valence electrons. The predicted octanol–water partition coefficient (Wildman–Crippen LogP) is 4.31. The third kappa shape index (κ3) is 2.77. The molecule has 0 fully saturated rings. The fourth-order valence-electron chi connectivity index (χ4n) is 1.95. The van der Waals surface area contributed by atoms with E-state index in [-0.39, 0.29) is 11.1 Å². The van der Waals surface area contributed by atoms with Crippen LogP contribution in [0.5, 0.6) is 0 Å². The molecule has 2 rings (SSSR count). The molecular formula is C15H14ClF2N. The molecule has 0 aliphatic rings. The first-order valence-corrected chi connectivity index (χ1v) is 6.30. The molecule has 1 nitrogen and oxygen atoms in total. The highest BCUT2D eigenvalue weighted by molar-refractivity contribution is 6.33. The van der Waals surface area contributed by atoms with Crippen LogP contribution in [0, 0.1) is 18.6 Å². The molecule has 4 heteroatoms. The van der Waals surface area contributed by atoms with Crippen LogP contribution in [0.2, 0.25) is 5.02 Å². The van der Waals surface area contributed by atoms with Crippen LogP contribution in [0.15, 0.2) is 30.3 Å². The van der Waals surface area contributed by atoms with Gasteiger partial charge in [0.2, 0.25) is 0 Å². The summed E-state index contributed by atoms with van der Waals surface area (Å²) in [6.07, 6.45) is 0. The Hall–Kier alpha value is -1.45. The minimum Gasteiger partial charge on any atom is -0.316 e. The highest BCUT2D eigenvalue weighted by Gasteiger charge is 2.14. The molecule has 0 bridgehead atoms. The van der Waals surface area contributed by atoms with Crippen LogP contribution in [-0.4, -0.2) is 7.05 Å². The van der Waals surface area contributed by atoms with Gasteiger partial charge in [-0.3, -0.25) is 0 Å². The molecule has 0 saturated heterocycles. The van der Waals surface area contributed by atoms with Gasteiger partial charge in [-0.15, -0.1) is 0 Å². The molecule has 0 heterocycles. The molecule has 2 aromatic rings. The zero-order valence-corrected chi connectivity index (χ0v) is 11.5. The number of aryl methyl sites for hydroxylation is 1. The maximum atomic E-state index is 13.9. The van der Waals surface area contributed by atoms with E-state index in [9.17, 15) is 8.78 Å². The topological polar surface area (TPSA) is 12.0 Å². The van der Waals surface area contributed by atoms with Crippen molar-refractivity contribution in [1.82, 2.24) is 5.32 Å². The lowest BCUT2D eigenvalue weighted by Crippen LogP contribution is -2.04. The third-order valence-corrected chi connectivity index (χ3v) is 3.29. The first-order valence-electron chi connectivity index (χ1n) is 5.92. The second kappa shape index (κ2) is 5.68. The number of hydrogen-bond acceptors (Lipinski definition) is 1. The molecule has 0 atom stereocenters. The summed E-state index contributed by atoms with van der Waals surface area (Å²) in [5, 5.41) is 3.42. The first kappa shape index (κ1) is 14.0. The second-order valence-electron chi connectivity index (χ2n) is 4.40. The Morgan fingerprint density at radius 3 is 2.37 bits per heavy atom. The molecule has 0 unspecified atom stereocenters. The van der Waals surface area contributed by atoms with Crippen LogP contribution in [0.3, 0.4) is 0 Å². The summed E-state index contributed by atoms with van der Waals surface area (Å²) in [6, 6.07) is 8.40. The van der Waals surface area contributed by atoms with Crippen molar-refractivity contribution in [3.63, 3.8) is 0 Å². The average molecular weight is 282 g/mol. The maximum Gasteiger partial charge on any atom is 0.166 e. The molecule has 19 heavy (non-hydrogen) atoms. The summed E-state index contributed by atoms with van der Waals surface area (Å²) >= 11 is 6.15. The highest BCUT2D eigenvalue weighted by Crippen LogP contribution is 2.32. The number of rotatable bonds is 3. The number of hydrogen-bond donors (Lipinski definition) is 1. The van der Waals surface area contributed by atoms with Gasteiger partial charge >= 0.3 is 0 Å². The minimum atomic E-state index is -0.858. The van der Waals surface area contributed by atoms with Crippen LogP contribution >= 0.6 is 11.6 Å². The zero-order chi connectivity index (χ0) is 14.0. The van der Waals surface area contributed by atoms with Gasteiger partial charge < -0.3 is 5.32 Å². The monoisotopic (exact) mass is 281 g/mol. The molecule has 1 N–H and O–H groups in total. The Morgan fingerprint density at radius 2 is 1.74 bits per heavy atom. The molecule has 0 radical (unpaired) electrons. The van der Waals surface area contributed by atoms with E-state index in [2.05, 4.69) is 5.32 Å². The van der Waals surface area contributed by atoms with Gasteiger partial charge in [-0.1, -0.05) is 35.9 Å². The van der Waals surface area contributed by atoms with Crippen molar-refractivity contribution in [1.29, 1.82) is 0 Å². The van der Waals surface area contributed by atoms with Gasteiger partial charge in [-0.25, -0.2) is 8.78 Å². The van der Waals surface area contributed by atoms with Gasteiger partial charge in [0.25, 0.3) is 0 Å². The van der Waals surface area contributed by atoms with E-state index in [0.717, 1.165) is 5.56 Å². The molecule has 0 aliphatic heterocycles. The van der Waals surface area contributed by atoms with Crippen molar-refractivity contribution in [3.8, 4) is 11.1 Å². The van der Waals surface area contributed by atoms with Crippen molar-refractivity contribution in [2.24, 2.45) is 0 Å². The lowest BCUT2D eigenvalue weighted by atomic mass is 10.0. The van der Waals surface area contributed by atoms with E-state index in [1.54, 1.807) is 24.3 Å². The van der Waals surface area contributed by atoms with E-state index >= 15 is 0 Å². The van der Waals surface area contributed by atoms with Gasteiger partial charge in [0.05, 0.1) is 0 Å². The molecule has 0 spiro atoms. The smallest absolute Gasteiger partial charge is 0.166 e. The zero-order valence-electron chi connectivity index (χ0n) is 10.7. The highest BCUT2D eigenvalue weighted by atomic mass is 35.5. The summed E-state index contributed by atoms with van der Waals surface area (Å²) in [6.45, 7) is 2.20. The van der Waals surface area contributed by atoms with Crippen LogP contribution in [0.1, 0.15) is 11.1 Å². The van der Waals surface area contributed by atoms with E-state index in [1.807, 2.05) is 13.1 Å². The Morgan fingerprint density at radius 1 is 1.05 bits per heavy atom. The van der Waals surface area contributed by atoms with Crippen LogP contribution in [0.25, 0.3) is 11.1 Å². The van der Waals surface area contributed by atoms with Gasteiger partial charge in [0, 0.05) is 22.7 Å². The lowest BCUT2D eigenvalue weighted by molar-refractivity contribution is 0.505. The Bertz CT molecular complexity index is 611. The van der Waals surface area contributed by atoms with Crippen molar-refractivity contribution in [2.75, 3.05) is 7.05 Å². The van der Waals surface area contributed by atoms with Gasteiger partial charge in [0.1, 0.15) is 0 Å². The standard InChI is InChI=1S/C15H14ClF2N/c1-9-3-5-12(15(18)14(9)17)11-6-4-10(8-19-2)7-13(11)16/h3-7,19H,8H2,1-2H3. The SMILES string of the molecule is CNCc1ccc(-c2ccc(C)c(F)c2F)c(Cl)c1. The van der Waals surface area contributed by atoms with E-state index in [1.165, 1.54) is 6.92 Å². The van der Waals surface area contributed by atoms with Crippen molar-refractivity contribution in [3.05, 3.63) is 58.1 Å². The lowest BCUT2D eigenvalue weighted by Gasteiger charge is -2.10. The van der Waals surface area contributed by atoms with E-state index in [0.29, 0.717) is 17.1 Å². The second-order valence-corrected chi connectivity index (χ2v) is 4.81. The van der Waals surface area contributed by atoms with Gasteiger partial charge in [-0.05, 0) is 31.2 Å².